The average molecular weight is 239 g/mol. The van der Waals surface area contributed by atoms with Gasteiger partial charge < -0.3 is 10.8 Å². The molecule has 2 rings (SSSR count). The molecule has 2 heterocycles. The van der Waals surface area contributed by atoms with Gasteiger partial charge in [-0.25, -0.2) is 4.79 Å². The van der Waals surface area contributed by atoms with Gasteiger partial charge in [-0.3, -0.25) is 14.7 Å². The van der Waals surface area contributed by atoms with Crippen LogP contribution in [0.1, 0.15) is 10.9 Å². The highest BCUT2D eigenvalue weighted by molar-refractivity contribution is 7.10. The highest BCUT2D eigenvalue weighted by atomic mass is 32.1. The number of rotatable bonds is 2. The summed E-state index contributed by atoms with van der Waals surface area (Å²) in [6.45, 7) is -0.0455. The molecule has 6 nitrogen and oxygen atoms in total. The molecule has 1 aromatic rings. The molecular weight excluding hydrogens is 230 g/mol. The highest BCUT2D eigenvalue weighted by Gasteiger charge is 2.37. The van der Waals surface area contributed by atoms with Crippen molar-refractivity contribution in [3.05, 3.63) is 22.4 Å². The molecule has 0 fully saturated rings. The second-order valence-electron chi connectivity index (χ2n) is 3.22. The van der Waals surface area contributed by atoms with Gasteiger partial charge in [0.1, 0.15) is 18.4 Å². The van der Waals surface area contributed by atoms with Gasteiger partial charge in [0.15, 0.2) is 0 Å². The van der Waals surface area contributed by atoms with E-state index in [9.17, 15) is 9.59 Å². The van der Waals surface area contributed by atoms with Gasteiger partial charge in [0.05, 0.1) is 0 Å². The summed E-state index contributed by atoms with van der Waals surface area (Å²) >= 11 is 1.37. The van der Waals surface area contributed by atoms with Gasteiger partial charge in [-0.15, -0.1) is 11.3 Å². The second-order valence-corrected chi connectivity index (χ2v) is 4.20. The van der Waals surface area contributed by atoms with E-state index in [1.807, 2.05) is 5.38 Å². The zero-order valence-electron chi connectivity index (χ0n) is 8.16. The number of primary amides is 1. The van der Waals surface area contributed by atoms with E-state index in [2.05, 4.69) is 4.99 Å². The van der Waals surface area contributed by atoms with Gasteiger partial charge in [-0.05, 0) is 11.4 Å². The first kappa shape index (κ1) is 10.6. The Kier molecular flexibility index (Phi) is 2.61. The van der Waals surface area contributed by atoms with E-state index in [4.69, 9.17) is 10.8 Å². The molecule has 2 amide bonds. The molecule has 1 aromatic heterocycles. The lowest BCUT2D eigenvalue weighted by Crippen LogP contribution is -2.36. The lowest BCUT2D eigenvalue weighted by Gasteiger charge is -2.20. The van der Waals surface area contributed by atoms with Gasteiger partial charge in [0.25, 0.3) is 5.91 Å². The normalized spacial score (nSPS) is 19.6. The number of nitrogens with zero attached hydrogens (tertiary/aromatic N) is 2. The lowest BCUT2D eigenvalue weighted by atomic mass is 10.1. The molecule has 0 radical (unpaired) electrons. The van der Waals surface area contributed by atoms with Gasteiger partial charge in [-0.2, -0.15) is 0 Å². The maximum absolute atomic E-state index is 11.2. The van der Waals surface area contributed by atoms with Gasteiger partial charge in [0.2, 0.25) is 0 Å². The van der Waals surface area contributed by atoms with Crippen molar-refractivity contribution in [1.29, 1.82) is 0 Å². The molecular formula is C9H9N3O3S. The molecule has 1 unspecified atom stereocenters. The summed E-state index contributed by atoms with van der Waals surface area (Å²) in [5.74, 6) is -0.679. The SMILES string of the molecule is NC(=O)C1=NCN(C(=O)O)C1c1cccs1. The van der Waals surface area contributed by atoms with Crippen molar-refractivity contribution in [1.82, 2.24) is 4.90 Å². The fourth-order valence-electron chi connectivity index (χ4n) is 1.59. The minimum atomic E-state index is -1.11. The molecule has 1 aliphatic rings. The zero-order chi connectivity index (χ0) is 11.7. The van der Waals surface area contributed by atoms with Crippen LogP contribution in [-0.2, 0) is 4.79 Å². The van der Waals surface area contributed by atoms with Crippen molar-refractivity contribution in [3.63, 3.8) is 0 Å². The number of carboxylic acid groups (broad SMARTS) is 1. The first-order valence-corrected chi connectivity index (χ1v) is 5.36. The molecule has 16 heavy (non-hydrogen) atoms. The molecule has 1 aliphatic heterocycles. The van der Waals surface area contributed by atoms with Crippen molar-refractivity contribution in [2.75, 3.05) is 6.67 Å². The monoisotopic (exact) mass is 239 g/mol. The van der Waals surface area contributed by atoms with E-state index in [-0.39, 0.29) is 12.4 Å². The van der Waals surface area contributed by atoms with Crippen LogP contribution in [0, 0.1) is 0 Å². The third-order valence-electron chi connectivity index (χ3n) is 2.27. The third kappa shape index (κ3) is 1.65. The Labute approximate surface area is 95.0 Å². The summed E-state index contributed by atoms with van der Waals surface area (Å²) in [6.07, 6.45) is -1.11. The zero-order valence-corrected chi connectivity index (χ0v) is 8.98. The van der Waals surface area contributed by atoms with Crippen LogP contribution < -0.4 is 5.73 Å². The Hall–Kier alpha value is -1.89. The van der Waals surface area contributed by atoms with Crippen LogP contribution in [0.15, 0.2) is 22.5 Å². The minimum Gasteiger partial charge on any atom is -0.465 e. The Morgan fingerprint density at radius 1 is 1.62 bits per heavy atom. The predicted molar refractivity (Wildman–Crippen MR) is 58.4 cm³/mol. The number of nitrogens with two attached hydrogens (primary N) is 1. The summed E-state index contributed by atoms with van der Waals surface area (Å²) in [6, 6.07) is 2.89. The van der Waals surface area contributed by atoms with E-state index < -0.39 is 18.0 Å². The van der Waals surface area contributed by atoms with Gasteiger partial charge in [-0.1, -0.05) is 6.07 Å². The number of carbonyl (C=O) groups is 2. The summed E-state index contributed by atoms with van der Waals surface area (Å²) in [5.41, 5.74) is 5.27. The molecule has 0 saturated heterocycles. The number of aliphatic imine (C=N–C) groups is 1. The van der Waals surface area contributed by atoms with Crippen LogP contribution in [0.2, 0.25) is 0 Å². The number of hydrogen-bond donors (Lipinski definition) is 2. The van der Waals surface area contributed by atoms with Crippen LogP contribution in [0.4, 0.5) is 4.79 Å². The van der Waals surface area contributed by atoms with Crippen molar-refractivity contribution < 1.29 is 14.7 Å². The van der Waals surface area contributed by atoms with Crippen molar-refractivity contribution >= 4 is 29.0 Å². The summed E-state index contributed by atoms with van der Waals surface area (Å²) in [7, 11) is 0. The largest absolute Gasteiger partial charge is 0.465 e. The summed E-state index contributed by atoms with van der Waals surface area (Å²) in [4.78, 5) is 27.8. The number of amides is 2. The number of carbonyl (C=O) groups excluding carboxylic acids is 1. The van der Waals surface area contributed by atoms with Crippen molar-refractivity contribution in [2.45, 2.75) is 6.04 Å². The highest BCUT2D eigenvalue weighted by Crippen LogP contribution is 2.30. The van der Waals surface area contributed by atoms with Crippen LogP contribution in [0.5, 0.6) is 0 Å². The van der Waals surface area contributed by atoms with Crippen LogP contribution in [0.3, 0.4) is 0 Å². The van der Waals surface area contributed by atoms with Crippen molar-refractivity contribution in [2.24, 2.45) is 10.7 Å². The van der Waals surface area contributed by atoms with E-state index in [0.717, 1.165) is 9.78 Å². The molecule has 3 N–H and O–H groups in total. The van der Waals surface area contributed by atoms with Gasteiger partial charge in [0, 0.05) is 4.88 Å². The second kappa shape index (κ2) is 3.93. The Morgan fingerprint density at radius 3 is 2.88 bits per heavy atom. The first-order chi connectivity index (χ1) is 7.61. The van der Waals surface area contributed by atoms with E-state index in [1.165, 1.54) is 11.3 Å². The number of hydrogen-bond acceptors (Lipinski definition) is 4. The predicted octanol–water partition coefficient (Wildman–Crippen LogP) is 0.667. The fourth-order valence-corrected chi connectivity index (χ4v) is 2.43. The molecule has 1 atom stereocenters. The summed E-state index contributed by atoms with van der Waals surface area (Å²) in [5, 5.41) is 10.8. The van der Waals surface area contributed by atoms with Crippen LogP contribution in [-0.4, -0.2) is 34.4 Å². The topological polar surface area (TPSA) is 96.0 Å². The van der Waals surface area contributed by atoms with Crippen LogP contribution >= 0.6 is 11.3 Å². The molecule has 0 spiro atoms. The third-order valence-corrected chi connectivity index (χ3v) is 3.20. The molecule has 7 heteroatoms. The molecule has 0 aromatic carbocycles. The van der Waals surface area contributed by atoms with E-state index in [1.54, 1.807) is 12.1 Å². The molecule has 0 aliphatic carbocycles. The van der Waals surface area contributed by atoms with Gasteiger partial charge >= 0.3 is 6.09 Å². The molecule has 84 valence electrons. The van der Waals surface area contributed by atoms with E-state index >= 15 is 0 Å². The number of thiophene rings is 1. The fraction of sp³-hybridized carbons (Fsp3) is 0.222. The maximum atomic E-state index is 11.2. The Morgan fingerprint density at radius 2 is 2.38 bits per heavy atom. The van der Waals surface area contributed by atoms with Crippen LogP contribution in [0.25, 0.3) is 0 Å². The Bertz CT molecular complexity index is 455. The average Bonchev–Trinajstić information content (AvgIpc) is 2.85. The first-order valence-electron chi connectivity index (χ1n) is 4.48. The van der Waals surface area contributed by atoms with Crippen molar-refractivity contribution in [3.8, 4) is 0 Å². The smallest absolute Gasteiger partial charge is 0.409 e. The summed E-state index contributed by atoms with van der Waals surface area (Å²) < 4.78 is 0. The van der Waals surface area contributed by atoms with E-state index in [0.29, 0.717) is 0 Å². The minimum absolute atomic E-state index is 0.0455. The Balaban J connectivity index is 2.38. The maximum Gasteiger partial charge on any atom is 0.409 e. The molecule has 0 bridgehead atoms. The quantitative estimate of drug-likeness (QED) is 0.793. The standard InChI is InChI=1S/C9H9N3O3S/c10-8(13)6-7(5-2-1-3-16-5)12(4-11-6)9(14)15/h1-3,7H,4H2,(H2,10,13)(H,14,15). The molecule has 0 saturated carbocycles. The lowest BCUT2D eigenvalue weighted by molar-refractivity contribution is -0.112.